The molecule has 14 nitrogen and oxygen atoms in total. The largest absolute Gasteiger partial charge is 0.436 e. The molecular formula is C40H67N5O9. The van der Waals surface area contributed by atoms with Crippen LogP contribution in [-0.4, -0.2) is 122 Å². The van der Waals surface area contributed by atoms with Crippen molar-refractivity contribution in [1.82, 2.24) is 25.8 Å². The number of hydrogen-bond acceptors (Lipinski definition) is 9. The molecule has 5 amide bonds. The van der Waals surface area contributed by atoms with Crippen LogP contribution < -0.4 is 16.0 Å². The van der Waals surface area contributed by atoms with Crippen molar-refractivity contribution in [3.63, 3.8) is 0 Å². The van der Waals surface area contributed by atoms with E-state index in [1.165, 1.54) is 21.3 Å². The van der Waals surface area contributed by atoms with Crippen LogP contribution in [0, 0.1) is 23.7 Å². The Morgan fingerprint density at radius 1 is 0.926 bits per heavy atom. The Kier molecular flexibility index (Phi) is 18.9. The zero-order valence-electron chi connectivity index (χ0n) is 34.5. The van der Waals surface area contributed by atoms with E-state index in [4.69, 9.17) is 14.2 Å². The molecule has 1 aliphatic rings. The first kappa shape index (κ1) is 46.4. The van der Waals surface area contributed by atoms with E-state index in [1.54, 1.807) is 56.7 Å². The van der Waals surface area contributed by atoms with Gasteiger partial charge in [-0.1, -0.05) is 85.2 Å². The summed E-state index contributed by atoms with van der Waals surface area (Å²) in [5, 5.41) is 18.9. The lowest BCUT2D eigenvalue weighted by atomic mass is 9.89. The monoisotopic (exact) mass is 761 g/mol. The Hall–Kier alpha value is -3.75. The van der Waals surface area contributed by atoms with E-state index in [1.807, 2.05) is 45.9 Å². The van der Waals surface area contributed by atoms with Gasteiger partial charge in [0.2, 0.25) is 17.7 Å². The maximum atomic E-state index is 14.2. The van der Waals surface area contributed by atoms with Crippen LogP contribution in [0.3, 0.4) is 0 Å². The summed E-state index contributed by atoms with van der Waals surface area (Å²) in [7, 11) is 6.12. The molecule has 2 rings (SSSR count). The number of likely N-dealkylation sites (tertiary alicyclic amines) is 1. The molecule has 4 N–H and O–H groups in total. The molecule has 14 heteroatoms. The Bertz CT molecular complexity index is 1360. The summed E-state index contributed by atoms with van der Waals surface area (Å²) in [5.74, 6) is -2.77. The van der Waals surface area contributed by atoms with E-state index in [-0.39, 0.29) is 47.9 Å². The number of alkyl carbamates (subject to hydrolysis) is 1. The quantitative estimate of drug-likeness (QED) is 0.155. The molecule has 1 saturated heterocycles. The number of amides is 5. The molecule has 1 fully saturated rings. The summed E-state index contributed by atoms with van der Waals surface area (Å²) in [6.45, 7) is 15.1. The van der Waals surface area contributed by atoms with Gasteiger partial charge in [-0.05, 0) is 43.1 Å². The van der Waals surface area contributed by atoms with Gasteiger partial charge in [0, 0.05) is 34.9 Å². The zero-order valence-corrected chi connectivity index (χ0v) is 34.5. The van der Waals surface area contributed by atoms with Crippen molar-refractivity contribution >= 4 is 29.7 Å². The minimum absolute atomic E-state index is 0.0228. The SMILES string of the molecule is CCC(C)C(C(CC(=O)N1CCC[C@H]1C(OC)C(C)C(=O)NC(C)C(O)c1ccccc1)OC)N(C)C(=O)C(NC(=O)C(OC(=O)NC)C(C)C)C(C)C. The number of aliphatic hydroxyl groups excluding tert-OH is 1. The summed E-state index contributed by atoms with van der Waals surface area (Å²) < 4.78 is 17.2. The molecule has 54 heavy (non-hydrogen) atoms. The standard InChI is InChI=1S/C40H67N5O9/c1-13-25(6)33(44(10)39(50)32(23(2)3)43-38(49)35(24(4)5)54-40(51)41-9)30(52-11)22-31(46)45-21-17-20-29(45)36(53-12)26(7)37(48)42-27(8)34(47)28-18-15-14-16-19-28/h14-16,18-19,23-27,29-30,32-36,47H,13,17,20-22H2,1-12H3,(H,41,51)(H,42,48)(H,43,49)/t25?,26?,27?,29-,30?,32?,33?,34?,35?,36?/m0/s1. The second-order valence-electron chi connectivity index (χ2n) is 15.3. The molecule has 0 aliphatic carbocycles. The number of carbonyl (C=O) groups is 5. The molecule has 10 atom stereocenters. The molecule has 1 heterocycles. The highest BCUT2D eigenvalue weighted by Gasteiger charge is 2.43. The van der Waals surface area contributed by atoms with Gasteiger partial charge in [-0.3, -0.25) is 19.2 Å². The minimum Gasteiger partial charge on any atom is -0.436 e. The van der Waals surface area contributed by atoms with Gasteiger partial charge in [0.1, 0.15) is 6.04 Å². The van der Waals surface area contributed by atoms with Gasteiger partial charge in [-0.2, -0.15) is 0 Å². The van der Waals surface area contributed by atoms with Crippen molar-refractivity contribution in [2.75, 3.05) is 34.9 Å². The molecule has 9 unspecified atom stereocenters. The highest BCUT2D eigenvalue weighted by atomic mass is 16.6. The van der Waals surface area contributed by atoms with Gasteiger partial charge in [-0.15, -0.1) is 0 Å². The van der Waals surface area contributed by atoms with Crippen LogP contribution in [-0.2, 0) is 33.4 Å². The molecule has 0 spiro atoms. The summed E-state index contributed by atoms with van der Waals surface area (Å²) in [5.41, 5.74) is 0.696. The zero-order chi connectivity index (χ0) is 40.9. The lowest BCUT2D eigenvalue weighted by Crippen LogP contribution is -2.59. The topological polar surface area (TPSA) is 176 Å². The van der Waals surface area contributed by atoms with Gasteiger partial charge >= 0.3 is 6.09 Å². The van der Waals surface area contributed by atoms with Crippen LogP contribution >= 0.6 is 0 Å². The van der Waals surface area contributed by atoms with Gasteiger partial charge in [0.05, 0.1) is 48.8 Å². The average molecular weight is 762 g/mol. The molecule has 1 aromatic rings. The predicted molar refractivity (Wildman–Crippen MR) is 206 cm³/mol. The summed E-state index contributed by atoms with van der Waals surface area (Å²) in [4.78, 5) is 70.5. The first-order valence-electron chi connectivity index (χ1n) is 19.3. The first-order chi connectivity index (χ1) is 25.4. The van der Waals surface area contributed by atoms with Gasteiger partial charge in [-0.25, -0.2) is 4.79 Å². The Morgan fingerprint density at radius 3 is 2.07 bits per heavy atom. The van der Waals surface area contributed by atoms with E-state index in [0.717, 1.165) is 6.42 Å². The fourth-order valence-corrected chi connectivity index (χ4v) is 7.31. The van der Waals surface area contributed by atoms with Gasteiger partial charge in [0.15, 0.2) is 6.10 Å². The van der Waals surface area contributed by atoms with Crippen molar-refractivity contribution in [2.45, 2.75) is 130 Å². The van der Waals surface area contributed by atoms with Gasteiger partial charge < -0.3 is 45.1 Å². The third-order valence-electron chi connectivity index (χ3n) is 10.8. The minimum atomic E-state index is -1.11. The number of carbonyl (C=O) groups excluding carboxylic acids is 5. The highest BCUT2D eigenvalue weighted by Crippen LogP contribution is 2.30. The molecule has 306 valence electrons. The van der Waals surface area contributed by atoms with Crippen LogP contribution in [0.5, 0.6) is 0 Å². The van der Waals surface area contributed by atoms with E-state index >= 15 is 0 Å². The third-order valence-corrected chi connectivity index (χ3v) is 10.8. The molecule has 0 radical (unpaired) electrons. The fourth-order valence-electron chi connectivity index (χ4n) is 7.31. The second kappa shape index (κ2) is 22.0. The first-order valence-corrected chi connectivity index (χ1v) is 19.3. The summed E-state index contributed by atoms with van der Waals surface area (Å²) in [6, 6.07) is 6.73. The number of nitrogens with one attached hydrogen (secondary N) is 3. The van der Waals surface area contributed by atoms with Crippen LogP contribution in [0.4, 0.5) is 4.79 Å². The van der Waals surface area contributed by atoms with Crippen molar-refractivity contribution in [1.29, 1.82) is 0 Å². The van der Waals surface area contributed by atoms with Crippen molar-refractivity contribution in [3.05, 3.63) is 35.9 Å². The maximum absolute atomic E-state index is 14.2. The molecular weight excluding hydrogens is 694 g/mol. The van der Waals surface area contributed by atoms with E-state index in [9.17, 15) is 29.1 Å². The maximum Gasteiger partial charge on any atom is 0.407 e. The molecule has 0 aromatic heterocycles. The lowest BCUT2D eigenvalue weighted by molar-refractivity contribution is -0.148. The number of ether oxygens (including phenoxy) is 3. The Balaban J connectivity index is 2.26. The number of hydrogen-bond donors (Lipinski definition) is 4. The highest BCUT2D eigenvalue weighted by molar-refractivity contribution is 5.90. The number of likely N-dealkylation sites (N-methyl/N-ethyl adjacent to an activating group) is 1. The molecule has 0 bridgehead atoms. The van der Waals surface area contributed by atoms with Crippen LogP contribution in [0.25, 0.3) is 0 Å². The van der Waals surface area contributed by atoms with E-state index in [2.05, 4.69) is 16.0 Å². The molecule has 1 aromatic carbocycles. The van der Waals surface area contributed by atoms with Crippen LogP contribution in [0.1, 0.15) is 92.7 Å². The third kappa shape index (κ3) is 12.1. The van der Waals surface area contributed by atoms with Crippen molar-refractivity contribution in [3.8, 4) is 0 Å². The van der Waals surface area contributed by atoms with Crippen LogP contribution in [0.2, 0.25) is 0 Å². The second-order valence-corrected chi connectivity index (χ2v) is 15.3. The van der Waals surface area contributed by atoms with Crippen LogP contribution in [0.15, 0.2) is 30.3 Å². The average Bonchev–Trinajstić information content (AvgIpc) is 3.64. The van der Waals surface area contributed by atoms with Gasteiger partial charge in [0.25, 0.3) is 5.91 Å². The summed E-state index contributed by atoms with van der Waals surface area (Å²) >= 11 is 0. The normalized spacial score (nSPS) is 19.5. The number of aliphatic hydroxyl groups is 1. The van der Waals surface area contributed by atoms with Crippen molar-refractivity contribution in [2.24, 2.45) is 23.7 Å². The number of methoxy groups -OCH3 is 2. The summed E-state index contributed by atoms with van der Waals surface area (Å²) in [6.07, 6.45) is -2.01. The lowest BCUT2D eigenvalue weighted by Gasteiger charge is -2.41. The number of benzene rings is 1. The molecule has 0 saturated carbocycles. The molecule has 1 aliphatic heterocycles. The fraction of sp³-hybridized carbons (Fsp3) is 0.725. The number of rotatable bonds is 20. The van der Waals surface area contributed by atoms with Crippen molar-refractivity contribution < 1.29 is 43.3 Å². The van der Waals surface area contributed by atoms with E-state index < -0.39 is 60.5 Å². The van der Waals surface area contributed by atoms with E-state index in [0.29, 0.717) is 24.9 Å². The Labute approximate surface area is 322 Å². The Morgan fingerprint density at radius 2 is 1.56 bits per heavy atom. The predicted octanol–water partition coefficient (Wildman–Crippen LogP) is 3.67. The smallest absolute Gasteiger partial charge is 0.407 e. The number of nitrogens with zero attached hydrogens (tertiary/aromatic N) is 2.